The van der Waals surface area contributed by atoms with Crippen LogP contribution < -0.4 is 5.32 Å². The van der Waals surface area contributed by atoms with E-state index in [0.29, 0.717) is 18.8 Å². The number of hydrogen-bond donors (Lipinski definition) is 2. The number of benzene rings is 1. The van der Waals surface area contributed by atoms with Crippen LogP contribution in [0.4, 0.5) is 0 Å². The lowest BCUT2D eigenvalue weighted by molar-refractivity contribution is 0.0382. The summed E-state index contributed by atoms with van der Waals surface area (Å²) in [6, 6.07) is 13.6. The van der Waals surface area contributed by atoms with E-state index in [2.05, 4.69) is 10.3 Å². The number of guanidine groups is 1. The van der Waals surface area contributed by atoms with Crippen molar-refractivity contribution in [2.24, 2.45) is 4.99 Å². The minimum atomic E-state index is -1.09. The Hall–Kier alpha value is -2.27. The summed E-state index contributed by atoms with van der Waals surface area (Å²) < 4.78 is 5.28. The molecule has 0 aliphatic carbocycles. The van der Waals surface area contributed by atoms with Crippen molar-refractivity contribution in [3.63, 3.8) is 0 Å². The zero-order valence-electron chi connectivity index (χ0n) is 13.3. The van der Waals surface area contributed by atoms with E-state index in [1.165, 1.54) is 0 Å². The summed E-state index contributed by atoms with van der Waals surface area (Å²) in [5.41, 5.74) is 0.0500. The van der Waals surface area contributed by atoms with E-state index < -0.39 is 5.60 Å². The minimum Gasteiger partial charge on any atom is -0.466 e. The zero-order chi connectivity index (χ0) is 16.0. The predicted octanol–water partition coefficient (Wildman–Crippen LogP) is 2.19. The molecule has 5 heteroatoms. The monoisotopic (exact) mass is 301 g/mol. The van der Waals surface area contributed by atoms with Crippen LogP contribution in [-0.4, -0.2) is 36.6 Å². The van der Waals surface area contributed by atoms with E-state index in [4.69, 9.17) is 4.42 Å². The van der Waals surface area contributed by atoms with E-state index in [0.717, 1.165) is 11.5 Å². The van der Waals surface area contributed by atoms with Gasteiger partial charge >= 0.3 is 0 Å². The second-order valence-corrected chi connectivity index (χ2v) is 5.62. The molecule has 0 amide bonds. The SMILES string of the molecule is CN(C)C(=NCc1ccccc1)NCC(C)(O)c1ccco1. The van der Waals surface area contributed by atoms with Crippen molar-refractivity contribution in [2.45, 2.75) is 19.1 Å². The standard InChI is InChI=1S/C17H23N3O2/c1-17(21,15-10-7-11-22-15)13-19-16(20(2)3)18-12-14-8-5-4-6-9-14/h4-11,21H,12-13H2,1-3H3,(H,18,19). The van der Waals surface area contributed by atoms with Gasteiger partial charge in [-0.2, -0.15) is 0 Å². The van der Waals surface area contributed by atoms with Gasteiger partial charge in [0.15, 0.2) is 5.96 Å². The Balaban J connectivity index is 2.00. The Morgan fingerprint density at radius 3 is 2.55 bits per heavy atom. The molecule has 0 saturated heterocycles. The maximum atomic E-state index is 10.5. The van der Waals surface area contributed by atoms with Crippen LogP contribution in [0.3, 0.4) is 0 Å². The quantitative estimate of drug-likeness (QED) is 0.656. The van der Waals surface area contributed by atoms with E-state index in [1.54, 1.807) is 25.3 Å². The van der Waals surface area contributed by atoms with E-state index in [9.17, 15) is 5.11 Å². The molecule has 0 radical (unpaired) electrons. The molecular formula is C17H23N3O2. The minimum absolute atomic E-state index is 0.312. The topological polar surface area (TPSA) is 61.0 Å². The van der Waals surface area contributed by atoms with E-state index >= 15 is 0 Å². The maximum absolute atomic E-state index is 10.5. The molecule has 1 aromatic carbocycles. The Bertz CT molecular complexity index is 590. The summed E-state index contributed by atoms with van der Waals surface area (Å²) in [5.74, 6) is 1.25. The first kappa shape index (κ1) is 16.1. The molecule has 22 heavy (non-hydrogen) atoms. The van der Waals surface area contributed by atoms with Gasteiger partial charge in [0.2, 0.25) is 0 Å². The molecule has 0 aliphatic heterocycles. The lowest BCUT2D eigenvalue weighted by Crippen LogP contribution is -2.44. The third-order valence-corrected chi connectivity index (χ3v) is 3.32. The van der Waals surface area contributed by atoms with Crippen molar-refractivity contribution in [2.75, 3.05) is 20.6 Å². The maximum Gasteiger partial charge on any atom is 0.193 e. The Kier molecular flexibility index (Phi) is 5.22. The fourth-order valence-electron chi connectivity index (χ4n) is 2.03. The van der Waals surface area contributed by atoms with Gasteiger partial charge in [-0.05, 0) is 24.6 Å². The van der Waals surface area contributed by atoms with Crippen molar-refractivity contribution in [3.8, 4) is 0 Å². The number of nitrogens with one attached hydrogen (secondary N) is 1. The summed E-state index contributed by atoms with van der Waals surface area (Å²) in [7, 11) is 3.83. The highest BCUT2D eigenvalue weighted by molar-refractivity contribution is 5.79. The van der Waals surface area contributed by atoms with Crippen molar-refractivity contribution in [1.82, 2.24) is 10.2 Å². The van der Waals surface area contributed by atoms with Gasteiger partial charge in [-0.25, -0.2) is 4.99 Å². The normalized spacial score (nSPS) is 14.5. The van der Waals surface area contributed by atoms with Gasteiger partial charge < -0.3 is 19.7 Å². The first-order chi connectivity index (χ1) is 10.5. The van der Waals surface area contributed by atoms with Crippen LogP contribution >= 0.6 is 0 Å². The molecule has 0 spiro atoms. The summed E-state index contributed by atoms with van der Waals surface area (Å²) in [5, 5.41) is 13.6. The van der Waals surface area contributed by atoms with Gasteiger partial charge in [-0.1, -0.05) is 30.3 Å². The molecule has 1 unspecified atom stereocenters. The van der Waals surface area contributed by atoms with Gasteiger partial charge in [0, 0.05) is 14.1 Å². The summed E-state index contributed by atoms with van der Waals surface area (Å²) in [6.07, 6.45) is 1.56. The number of hydrogen-bond acceptors (Lipinski definition) is 3. The molecule has 0 bridgehead atoms. The molecule has 1 atom stereocenters. The molecule has 0 saturated carbocycles. The van der Waals surface area contributed by atoms with Crippen LogP contribution in [0.15, 0.2) is 58.1 Å². The van der Waals surface area contributed by atoms with Crippen LogP contribution in [0.1, 0.15) is 18.2 Å². The number of furan rings is 1. The Morgan fingerprint density at radius 1 is 1.23 bits per heavy atom. The largest absolute Gasteiger partial charge is 0.466 e. The van der Waals surface area contributed by atoms with Crippen molar-refractivity contribution in [1.29, 1.82) is 0 Å². The summed E-state index contributed by atoms with van der Waals surface area (Å²) in [4.78, 5) is 6.46. The molecule has 1 heterocycles. The molecular weight excluding hydrogens is 278 g/mol. The van der Waals surface area contributed by atoms with Crippen LogP contribution in [0.25, 0.3) is 0 Å². The van der Waals surface area contributed by atoms with Crippen LogP contribution in [0, 0.1) is 0 Å². The molecule has 118 valence electrons. The number of aliphatic hydroxyl groups is 1. The number of aliphatic imine (C=N–C) groups is 1. The summed E-state index contributed by atoms with van der Waals surface area (Å²) in [6.45, 7) is 2.61. The Morgan fingerprint density at radius 2 is 1.95 bits per heavy atom. The highest BCUT2D eigenvalue weighted by atomic mass is 16.4. The molecule has 0 fully saturated rings. The van der Waals surface area contributed by atoms with Crippen LogP contribution in [-0.2, 0) is 12.1 Å². The lowest BCUT2D eigenvalue weighted by atomic mass is 10.0. The molecule has 2 aromatic rings. The van der Waals surface area contributed by atoms with Gasteiger partial charge in [0.05, 0.1) is 19.4 Å². The number of nitrogens with zero attached hydrogens (tertiary/aromatic N) is 2. The molecule has 1 aromatic heterocycles. The number of rotatable bonds is 5. The third-order valence-electron chi connectivity index (χ3n) is 3.32. The molecule has 5 nitrogen and oxygen atoms in total. The molecule has 2 rings (SSSR count). The van der Waals surface area contributed by atoms with Crippen molar-refractivity contribution < 1.29 is 9.52 Å². The average molecular weight is 301 g/mol. The second kappa shape index (κ2) is 7.13. The van der Waals surface area contributed by atoms with E-state index in [-0.39, 0.29) is 0 Å². The first-order valence-corrected chi connectivity index (χ1v) is 7.25. The fourth-order valence-corrected chi connectivity index (χ4v) is 2.03. The fraction of sp³-hybridized carbons (Fsp3) is 0.353. The smallest absolute Gasteiger partial charge is 0.193 e. The predicted molar refractivity (Wildman–Crippen MR) is 87.5 cm³/mol. The zero-order valence-corrected chi connectivity index (χ0v) is 13.3. The van der Waals surface area contributed by atoms with Gasteiger partial charge in [0.25, 0.3) is 0 Å². The van der Waals surface area contributed by atoms with Crippen LogP contribution in [0.5, 0.6) is 0 Å². The van der Waals surface area contributed by atoms with Crippen molar-refractivity contribution in [3.05, 3.63) is 60.1 Å². The second-order valence-electron chi connectivity index (χ2n) is 5.62. The first-order valence-electron chi connectivity index (χ1n) is 7.25. The third kappa shape index (κ3) is 4.36. The highest BCUT2D eigenvalue weighted by Crippen LogP contribution is 2.19. The van der Waals surface area contributed by atoms with Gasteiger partial charge in [-0.3, -0.25) is 0 Å². The lowest BCUT2D eigenvalue weighted by Gasteiger charge is -2.25. The van der Waals surface area contributed by atoms with Crippen LogP contribution in [0.2, 0.25) is 0 Å². The molecule has 2 N–H and O–H groups in total. The molecule has 0 aliphatic rings. The van der Waals surface area contributed by atoms with Gasteiger partial charge in [-0.15, -0.1) is 0 Å². The van der Waals surface area contributed by atoms with Crippen molar-refractivity contribution >= 4 is 5.96 Å². The van der Waals surface area contributed by atoms with E-state index in [1.807, 2.05) is 49.3 Å². The average Bonchev–Trinajstić information content (AvgIpc) is 3.03. The van der Waals surface area contributed by atoms with Gasteiger partial charge in [0.1, 0.15) is 11.4 Å². The Labute approximate surface area is 131 Å². The summed E-state index contributed by atoms with van der Waals surface area (Å²) >= 11 is 0. The highest BCUT2D eigenvalue weighted by Gasteiger charge is 2.26.